The van der Waals surface area contributed by atoms with Gasteiger partial charge in [-0.25, -0.2) is 9.78 Å². The molecule has 0 atom stereocenters. The number of aryl methyl sites for hydroxylation is 3. The second-order valence-electron chi connectivity index (χ2n) is 4.21. The van der Waals surface area contributed by atoms with Gasteiger partial charge in [0.2, 0.25) is 0 Å². The zero-order chi connectivity index (χ0) is 13.1. The van der Waals surface area contributed by atoms with Crippen molar-refractivity contribution < 1.29 is 9.53 Å². The Morgan fingerprint density at radius 1 is 1.11 bits per heavy atom. The number of carbonyl (C=O) groups excluding carboxylic acids is 1. The number of nitrogens with zero attached hydrogens (tertiary/aromatic N) is 2. The third-order valence-corrected chi connectivity index (χ3v) is 2.57. The first-order valence-corrected chi connectivity index (χ1v) is 5.64. The molecule has 0 amide bonds. The lowest BCUT2D eigenvalue weighted by molar-refractivity contribution is 0.0725. The molecule has 4 heteroatoms. The summed E-state index contributed by atoms with van der Waals surface area (Å²) in [6, 6.07) is 3.96. The van der Waals surface area contributed by atoms with E-state index >= 15 is 0 Å². The normalized spacial score (nSPS) is 10.2. The van der Waals surface area contributed by atoms with Gasteiger partial charge in [0.1, 0.15) is 5.75 Å². The Labute approximate surface area is 106 Å². The molecule has 0 spiro atoms. The standard InChI is InChI=1S/C14H14N2O2/c1-9-6-10(2)13(11(3)7-9)18-14(17)12-8-15-4-5-16-12/h4-8H,1-3H3. The Morgan fingerprint density at radius 3 is 2.33 bits per heavy atom. The van der Waals surface area contributed by atoms with Crippen molar-refractivity contribution in [3.63, 3.8) is 0 Å². The van der Waals surface area contributed by atoms with Crippen LogP contribution < -0.4 is 4.74 Å². The van der Waals surface area contributed by atoms with E-state index in [1.807, 2.05) is 32.9 Å². The number of benzene rings is 1. The molecule has 1 aromatic carbocycles. The van der Waals surface area contributed by atoms with Crippen molar-refractivity contribution >= 4 is 5.97 Å². The van der Waals surface area contributed by atoms with Gasteiger partial charge < -0.3 is 4.74 Å². The molecule has 0 fully saturated rings. The molecule has 0 saturated heterocycles. The van der Waals surface area contributed by atoms with E-state index in [-0.39, 0.29) is 5.69 Å². The topological polar surface area (TPSA) is 52.1 Å². The summed E-state index contributed by atoms with van der Waals surface area (Å²) in [6.45, 7) is 5.84. The largest absolute Gasteiger partial charge is 0.421 e. The Bertz CT molecular complexity index is 557. The van der Waals surface area contributed by atoms with Crippen LogP contribution in [-0.2, 0) is 0 Å². The van der Waals surface area contributed by atoms with Gasteiger partial charge in [0.05, 0.1) is 6.20 Å². The molecule has 1 heterocycles. The van der Waals surface area contributed by atoms with Crippen molar-refractivity contribution in [2.24, 2.45) is 0 Å². The van der Waals surface area contributed by atoms with Gasteiger partial charge in [0, 0.05) is 12.4 Å². The quantitative estimate of drug-likeness (QED) is 0.600. The molecule has 4 nitrogen and oxygen atoms in total. The van der Waals surface area contributed by atoms with Crippen molar-refractivity contribution in [1.82, 2.24) is 9.97 Å². The van der Waals surface area contributed by atoms with Crippen LogP contribution in [0.25, 0.3) is 0 Å². The van der Waals surface area contributed by atoms with Crippen LogP contribution in [-0.4, -0.2) is 15.9 Å². The van der Waals surface area contributed by atoms with Gasteiger partial charge in [-0.3, -0.25) is 4.98 Å². The Kier molecular flexibility index (Phi) is 3.37. The fourth-order valence-electron chi connectivity index (χ4n) is 1.88. The van der Waals surface area contributed by atoms with Crippen LogP contribution in [0.4, 0.5) is 0 Å². The molecule has 0 saturated carbocycles. The van der Waals surface area contributed by atoms with Crippen LogP contribution >= 0.6 is 0 Å². The lowest BCUT2D eigenvalue weighted by Crippen LogP contribution is -2.12. The molecule has 1 aromatic heterocycles. The fraction of sp³-hybridized carbons (Fsp3) is 0.214. The van der Waals surface area contributed by atoms with Gasteiger partial charge in [-0.1, -0.05) is 17.7 Å². The molecule has 2 rings (SSSR count). The molecular formula is C14H14N2O2. The Morgan fingerprint density at radius 2 is 1.78 bits per heavy atom. The van der Waals surface area contributed by atoms with Crippen LogP contribution in [0.3, 0.4) is 0 Å². The number of carbonyl (C=O) groups is 1. The van der Waals surface area contributed by atoms with Gasteiger partial charge in [0.25, 0.3) is 0 Å². The Balaban J connectivity index is 2.28. The zero-order valence-corrected chi connectivity index (χ0v) is 10.6. The number of ether oxygens (including phenoxy) is 1. The van der Waals surface area contributed by atoms with E-state index in [9.17, 15) is 4.79 Å². The van der Waals surface area contributed by atoms with E-state index in [1.165, 1.54) is 18.6 Å². The summed E-state index contributed by atoms with van der Waals surface area (Å²) in [4.78, 5) is 19.6. The molecule has 0 aliphatic heterocycles. The molecule has 0 bridgehead atoms. The second-order valence-corrected chi connectivity index (χ2v) is 4.21. The molecule has 0 unspecified atom stereocenters. The molecule has 0 N–H and O–H groups in total. The van der Waals surface area contributed by atoms with Crippen molar-refractivity contribution in [3.8, 4) is 5.75 Å². The number of aromatic nitrogens is 2. The molecule has 2 aromatic rings. The lowest BCUT2D eigenvalue weighted by Gasteiger charge is -2.11. The first-order valence-electron chi connectivity index (χ1n) is 5.64. The number of rotatable bonds is 2. The summed E-state index contributed by atoms with van der Waals surface area (Å²) in [5.74, 6) is 0.106. The highest BCUT2D eigenvalue weighted by molar-refractivity contribution is 5.88. The predicted molar refractivity (Wildman–Crippen MR) is 67.6 cm³/mol. The smallest absolute Gasteiger partial charge is 0.363 e. The monoisotopic (exact) mass is 242 g/mol. The summed E-state index contributed by atoms with van der Waals surface area (Å²) in [5.41, 5.74) is 3.22. The number of hydrogen-bond donors (Lipinski definition) is 0. The fourth-order valence-corrected chi connectivity index (χ4v) is 1.88. The third kappa shape index (κ3) is 2.53. The van der Waals surface area contributed by atoms with Gasteiger partial charge in [-0.05, 0) is 31.9 Å². The van der Waals surface area contributed by atoms with E-state index in [0.29, 0.717) is 5.75 Å². The predicted octanol–water partition coefficient (Wildman–Crippen LogP) is 2.62. The maximum atomic E-state index is 11.9. The average Bonchev–Trinajstić information content (AvgIpc) is 2.34. The van der Waals surface area contributed by atoms with Gasteiger partial charge in [-0.15, -0.1) is 0 Å². The minimum absolute atomic E-state index is 0.205. The summed E-state index contributed by atoms with van der Waals surface area (Å²) in [6.07, 6.45) is 4.37. The van der Waals surface area contributed by atoms with E-state index in [0.717, 1.165) is 16.7 Å². The van der Waals surface area contributed by atoms with Gasteiger partial charge >= 0.3 is 5.97 Å². The minimum atomic E-state index is -0.488. The maximum absolute atomic E-state index is 11.9. The number of esters is 1. The summed E-state index contributed by atoms with van der Waals surface area (Å²) < 4.78 is 5.38. The highest BCUT2D eigenvalue weighted by Crippen LogP contribution is 2.25. The summed E-state index contributed by atoms with van der Waals surface area (Å²) >= 11 is 0. The van der Waals surface area contributed by atoms with Crippen LogP contribution in [0.5, 0.6) is 5.75 Å². The zero-order valence-electron chi connectivity index (χ0n) is 10.6. The molecule has 92 valence electrons. The van der Waals surface area contributed by atoms with Gasteiger partial charge in [-0.2, -0.15) is 0 Å². The molecule has 0 aliphatic carbocycles. The van der Waals surface area contributed by atoms with Crippen molar-refractivity contribution in [2.75, 3.05) is 0 Å². The van der Waals surface area contributed by atoms with Crippen molar-refractivity contribution in [2.45, 2.75) is 20.8 Å². The minimum Gasteiger partial charge on any atom is -0.421 e. The first-order chi connectivity index (χ1) is 8.58. The Hall–Kier alpha value is -2.23. The van der Waals surface area contributed by atoms with Crippen molar-refractivity contribution in [1.29, 1.82) is 0 Å². The summed E-state index contributed by atoms with van der Waals surface area (Å²) in [5, 5.41) is 0. The van der Waals surface area contributed by atoms with E-state index in [1.54, 1.807) is 0 Å². The van der Waals surface area contributed by atoms with Crippen LogP contribution in [0.1, 0.15) is 27.2 Å². The highest BCUT2D eigenvalue weighted by Gasteiger charge is 2.13. The third-order valence-electron chi connectivity index (χ3n) is 2.57. The first kappa shape index (κ1) is 12.2. The highest BCUT2D eigenvalue weighted by atomic mass is 16.5. The van der Waals surface area contributed by atoms with Crippen LogP contribution in [0.15, 0.2) is 30.7 Å². The van der Waals surface area contributed by atoms with E-state index in [2.05, 4.69) is 9.97 Å². The summed E-state index contributed by atoms with van der Waals surface area (Å²) in [7, 11) is 0. The molecule has 0 radical (unpaired) electrons. The maximum Gasteiger partial charge on any atom is 0.363 e. The molecule has 18 heavy (non-hydrogen) atoms. The molecule has 0 aliphatic rings. The van der Waals surface area contributed by atoms with Gasteiger partial charge in [0.15, 0.2) is 5.69 Å². The van der Waals surface area contributed by atoms with E-state index in [4.69, 9.17) is 4.74 Å². The average molecular weight is 242 g/mol. The second kappa shape index (κ2) is 4.96. The van der Waals surface area contributed by atoms with E-state index < -0.39 is 5.97 Å². The number of hydrogen-bond acceptors (Lipinski definition) is 4. The molecular weight excluding hydrogens is 228 g/mol. The van der Waals surface area contributed by atoms with Crippen molar-refractivity contribution in [3.05, 3.63) is 53.1 Å². The van der Waals surface area contributed by atoms with Crippen LogP contribution in [0, 0.1) is 20.8 Å². The lowest BCUT2D eigenvalue weighted by atomic mass is 10.1. The SMILES string of the molecule is Cc1cc(C)c(OC(=O)c2cnccn2)c(C)c1. The van der Waals surface area contributed by atoms with Crippen LogP contribution in [0.2, 0.25) is 0 Å².